The van der Waals surface area contributed by atoms with Crippen molar-refractivity contribution in [3.05, 3.63) is 24.3 Å². The van der Waals surface area contributed by atoms with E-state index in [1.807, 2.05) is 13.8 Å². The molecule has 0 aromatic rings. The summed E-state index contributed by atoms with van der Waals surface area (Å²) in [5, 5.41) is 12.0. The first-order valence-electron chi connectivity index (χ1n) is 6.35. The molecule has 1 fully saturated rings. The van der Waals surface area contributed by atoms with Crippen molar-refractivity contribution in [3.63, 3.8) is 0 Å². The zero-order chi connectivity index (χ0) is 13.6. The van der Waals surface area contributed by atoms with Crippen molar-refractivity contribution >= 4 is 11.9 Å². The molecule has 0 aliphatic heterocycles. The van der Waals surface area contributed by atoms with Gasteiger partial charge in [0.2, 0.25) is 5.91 Å². The summed E-state index contributed by atoms with van der Waals surface area (Å²) in [4.78, 5) is 23.1. The number of carboxylic acids is 1. The summed E-state index contributed by atoms with van der Waals surface area (Å²) in [6.07, 6.45) is 9.39. The van der Waals surface area contributed by atoms with Crippen LogP contribution < -0.4 is 5.32 Å². The molecule has 18 heavy (non-hydrogen) atoms. The molecule has 4 heteroatoms. The number of rotatable bonds is 4. The van der Waals surface area contributed by atoms with Gasteiger partial charge in [-0.05, 0) is 25.7 Å². The van der Waals surface area contributed by atoms with E-state index >= 15 is 0 Å². The Morgan fingerprint density at radius 3 is 2.67 bits per heavy atom. The molecule has 2 N–H and O–H groups in total. The first-order valence-corrected chi connectivity index (χ1v) is 6.35. The highest BCUT2D eigenvalue weighted by Crippen LogP contribution is 2.32. The molecular formula is C14H21NO3. The van der Waals surface area contributed by atoms with Gasteiger partial charge in [-0.15, -0.1) is 0 Å². The number of amides is 1. The van der Waals surface area contributed by atoms with Crippen molar-refractivity contribution in [2.45, 2.75) is 45.1 Å². The maximum atomic E-state index is 11.7. The van der Waals surface area contributed by atoms with Gasteiger partial charge >= 0.3 is 5.97 Å². The molecule has 2 unspecified atom stereocenters. The number of hydrogen-bond acceptors (Lipinski definition) is 2. The third-order valence-electron chi connectivity index (χ3n) is 3.32. The van der Waals surface area contributed by atoms with Crippen LogP contribution in [0.1, 0.15) is 39.5 Å². The summed E-state index contributed by atoms with van der Waals surface area (Å²) in [6.45, 7) is 3.88. The Morgan fingerprint density at radius 1 is 1.39 bits per heavy atom. The minimum absolute atomic E-state index is 0.328. The molecule has 0 bridgehead atoms. The maximum absolute atomic E-state index is 11.7. The summed E-state index contributed by atoms with van der Waals surface area (Å²) >= 11 is 0. The van der Waals surface area contributed by atoms with Gasteiger partial charge in [-0.25, -0.2) is 4.79 Å². The summed E-state index contributed by atoms with van der Waals surface area (Å²) in [7, 11) is 0. The van der Waals surface area contributed by atoms with Crippen molar-refractivity contribution in [1.29, 1.82) is 0 Å². The average Bonchev–Trinajstić information content (AvgIpc) is 2.29. The minimum Gasteiger partial charge on any atom is -0.480 e. The number of allylic oxidation sites excluding steroid dienone is 3. The van der Waals surface area contributed by atoms with Crippen molar-refractivity contribution in [3.8, 4) is 0 Å². The number of carboxylic acid groups (broad SMARTS) is 1. The van der Waals surface area contributed by atoms with Gasteiger partial charge in [0.05, 0.1) is 0 Å². The van der Waals surface area contributed by atoms with E-state index in [1.165, 1.54) is 6.08 Å². The number of carbonyl (C=O) groups excluding carboxylic acids is 1. The van der Waals surface area contributed by atoms with Crippen LogP contribution in [0, 0.1) is 5.92 Å². The van der Waals surface area contributed by atoms with E-state index in [2.05, 4.69) is 5.32 Å². The first-order chi connectivity index (χ1) is 8.50. The second-order valence-electron chi connectivity index (χ2n) is 4.96. The molecular weight excluding hydrogens is 230 g/mol. The summed E-state index contributed by atoms with van der Waals surface area (Å²) in [5.41, 5.74) is -1.09. The predicted octanol–water partition coefficient (Wildman–Crippen LogP) is 2.27. The minimum atomic E-state index is -1.09. The van der Waals surface area contributed by atoms with Crippen molar-refractivity contribution < 1.29 is 14.7 Å². The van der Waals surface area contributed by atoms with Crippen molar-refractivity contribution in [2.24, 2.45) is 5.92 Å². The van der Waals surface area contributed by atoms with E-state index in [9.17, 15) is 14.7 Å². The normalized spacial score (nSPS) is 28.7. The van der Waals surface area contributed by atoms with Gasteiger partial charge in [0, 0.05) is 6.08 Å². The predicted molar refractivity (Wildman–Crippen MR) is 70.1 cm³/mol. The number of hydrogen-bond donors (Lipinski definition) is 2. The molecule has 4 nitrogen and oxygen atoms in total. The van der Waals surface area contributed by atoms with E-state index < -0.39 is 11.5 Å². The highest BCUT2D eigenvalue weighted by Gasteiger charge is 2.42. The number of carbonyl (C=O) groups is 2. The maximum Gasteiger partial charge on any atom is 0.329 e. The van der Waals surface area contributed by atoms with Crippen LogP contribution >= 0.6 is 0 Å². The summed E-state index contributed by atoms with van der Waals surface area (Å²) in [5.74, 6) is -0.943. The SMILES string of the molecule is CC=CC=CC(=O)NC1(C(=O)O)CCCC(C)C1. The van der Waals surface area contributed by atoms with Gasteiger partial charge in [-0.2, -0.15) is 0 Å². The molecule has 2 atom stereocenters. The van der Waals surface area contributed by atoms with Gasteiger partial charge in [0.25, 0.3) is 0 Å². The molecule has 1 saturated carbocycles. The molecule has 0 heterocycles. The van der Waals surface area contributed by atoms with Gasteiger partial charge in [-0.1, -0.05) is 38.0 Å². The Kier molecular flexibility index (Phi) is 5.13. The second kappa shape index (κ2) is 6.38. The zero-order valence-corrected chi connectivity index (χ0v) is 11.0. The molecule has 100 valence electrons. The van der Waals surface area contributed by atoms with Crippen molar-refractivity contribution in [1.82, 2.24) is 5.32 Å². The third kappa shape index (κ3) is 3.72. The fraction of sp³-hybridized carbons (Fsp3) is 0.571. The van der Waals surface area contributed by atoms with Gasteiger partial charge < -0.3 is 10.4 Å². The van der Waals surface area contributed by atoms with Crippen LogP contribution in [0.15, 0.2) is 24.3 Å². The van der Waals surface area contributed by atoms with Crippen LogP contribution in [0.5, 0.6) is 0 Å². The van der Waals surface area contributed by atoms with Crippen LogP contribution in [0.25, 0.3) is 0 Å². The highest BCUT2D eigenvalue weighted by molar-refractivity contribution is 5.93. The van der Waals surface area contributed by atoms with E-state index in [4.69, 9.17) is 0 Å². The highest BCUT2D eigenvalue weighted by atomic mass is 16.4. The van der Waals surface area contributed by atoms with Gasteiger partial charge in [0.15, 0.2) is 0 Å². The second-order valence-corrected chi connectivity index (χ2v) is 4.96. The largest absolute Gasteiger partial charge is 0.480 e. The molecule has 0 aromatic carbocycles. The summed E-state index contributed by atoms with van der Waals surface area (Å²) < 4.78 is 0. The molecule has 0 aromatic heterocycles. The van der Waals surface area contributed by atoms with E-state index in [1.54, 1.807) is 18.2 Å². The summed E-state index contributed by atoms with van der Waals surface area (Å²) in [6, 6.07) is 0. The molecule has 1 aliphatic rings. The Balaban J connectivity index is 2.74. The van der Waals surface area contributed by atoms with Crippen LogP contribution in [-0.2, 0) is 9.59 Å². The third-order valence-corrected chi connectivity index (χ3v) is 3.32. The quantitative estimate of drug-likeness (QED) is 0.595. The van der Waals surface area contributed by atoms with Crippen LogP contribution in [0.2, 0.25) is 0 Å². The van der Waals surface area contributed by atoms with E-state index in [0.29, 0.717) is 18.8 Å². The lowest BCUT2D eigenvalue weighted by Crippen LogP contribution is -2.56. The molecule has 0 saturated heterocycles. The van der Waals surface area contributed by atoms with Crippen LogP contribution in [0.3, 0.4) is 0 Å². The molecule has 0 radical (unpaired) electrons. The Morgan fingerprint density at radius 2 is 2.11 bits per heavy atom. The smallest absolute Gasteiger partial charge is 0.329 e. The number of aliphatic carboxylic acids is 1. The Labute approximate surface area is 108 Å². The zero-order valence-electron chi connectivity index (χ0n) is 11.0. The monoisotopic (exact) mass is 251 g/mol. The average molecular weight is 251 g/mol. The molecule has 1 amide bonds. The Bertz CT molecular complexity index is 373. The topological polar surface area (TPSA) is 66.4 Å². The van der Waals surface area contributed by atoms with Crippen LogP contribution in [-0.4, -0.2) is 22.5 Å². The standard InChI is InChI=1S/C14H21NO3/c1-3-4-5-8-12(16)15-14(13(17)18)9-6-7-11(2)10-14/h3-5,8,11H,6-7,9-10H2,1-2H3,(H,15,16)(H,17,18). The Hall–Kier alpha value is -1.58. The van der Waals surface area contributed by atoms with Gasteiger partial charge in [0.1, 0.15) is 5.54 Å². The number of nitrogens with one attached hydrogen (secondary N) is 1. The fourth-order valence-corrected chi connectivity index (χ4v) is 2.44. The first kappa shape index (κ1) is 14.5. The lowest BCUT2D eigenvalue weighted by atomic mass is 9.76. The molecule has 1 rings (SSSR count). The van der Waals surface area contributed by atoms with Gasteiger partial charge in [-0.3, -0.25) is 4.79 Å². The van der Waals surface area contributed by atoms with Crippen LogP contribution in [0.4, 0.5) is 0 Å². The molecule has 1 aliphatic carbocycles. The molecule has 0 spiro atoms. The fourth-order valence-electron chi connectivity index (χ4n) is 2.44. The van der Waals surface area contributed by atoms with E-state index in [-0.39, 0.29) is 5.91 Å². The lowest BCUT2D eigenvalue weighted by Gasteiger charge is -2.36. The van der Waals surface area contributed by atoms with E-state index in [0.717, 1.165) is 12.8 Å². The van der Waals surface area contributed by atoms with Crippen molar-refractivity contribution in [2.75, 3.05) is 0 Å². The lowest BCUT2D eigenvalue weighted by molar-refractivity contribution is -0.149.